The van der Waals surface area contributed by atoms with Gasteiger partial charge in [0.15, 0.2) is 9.84 Å². The van der Waals surface area contributed by atoms with Gasteiger partial charge in [0.05, 0.1) is 18.6 Å². The molecular weight excluding hydrogens is 466 g/mol. The first kappa shape index (κ1) is 24.8. The van der Waals surface area contributed by atoms with Crippen molar-refractivity contribution in [3.63, 3.8) is 0 Å². The Hall–Kier alpha value is -3.33. The first-order valence-corrected chi connectivity index (χ1v) is 13.4. The van der Waals surface area contributed by atoms with Crippen molar-refractivity contribution in [1.82, 2.24) is 9.88 Å². The van der Waals surface area contributed by atoms with E-state index in [1.54, 1.807) is 31.1 Å². The van der Waals surface area contributed by atoms with Gasteiger partial charge in [-0.3, -0.25) is 4.79 Å². The molecule has 0 aliphatic carbocycles. The van der Waals surface area contributed by atoms with Gasteiger partial charge in [0.1, 0.15) is 17.3 Å². The molecule has 1 aliphatic rings. The van der Waals surface area contributed by atoms with Crippen LogP contribution in [0.3, 0.4) is 0 Å². The van der Waals surface area contributed by atoms with E-state index in [1.807, 2.05) is 18.2 Å². The number of carbonyl (C=O) groups excluding carboxylic acids is 1. The molecule has 0 bridgehead atoms. The van der Waals surface area contributed by atoms with Crippen LogP contribution in [0.15, 0.2) is 52.9 Å². The van der Waals surface area contributed by atoms with Crippen LogP contribution in [0.2, 0.25) is 0 Å². The summed E-state index contributed by atoms with van der Waals surface area (Å²) in [6.07, 6.45) is 0. The third-order valence-corrected chi connectivity index (χ3v) is 7.62. The zero-order chi connectivity index (χ0) is 25.2. The highest BCUT2D eigenvalue weighted by Gasteiger charge is 2.30. The van der Waals surface area contributed by atoms with Crippen LogP contribution in [-0.4, -0.2) is 62.7 Å². The molecule has 35 heavy (non-hydrogen) atoms. The van der Waals surface area contributed by atoms with Crippen molar-refractivity contribution in [1.29, 1.82) is 0 Å². The van der Waals surface area contributed by atoms with Crippen molar-refractivity contribution < 1.29 is 22.4 Å². The van der Waals surface area contributed by atoms with Gasteiger partial charge in [-0.1, -0.05) is 18.2 Å². The zero-order valence-corrected chi connectivity index (χ0v) is 21.3. The molecule has 0 unspecified atom stereocenters. The van der Waals surface area contributed by atoms with Gasteiger partial charge in [0.2, 0.25) is 11.8 Å². The number of carbonyl (C=O) groups is 1. The third kappa shape index (κ3) is 5.85. The van der Waals surface area contributed by atoms with Crippen LogP contribution in [-0.2, 0) is 20.4 Å². The number of aromatic nitrogens is 1. The van der Waals surface area contributed by atoms with E-state index in [0.717, 1.165) is 5.69 Å². The van der Waals surface area contributed by atoms with Gasteiger partial charge in [-0.05, 0) is 56.7 Å². The van der Waals surface area contributed by atoms with Crippen molar-refractivity contribution in [2.45, 2.75) is 32.6 Å². The summed E-state index contributed by atoms with van der Waals surface area (Å²) in [5, 5.41) is 0. The molecule has 1 atom stereocenters. The summed E-state index contributed by atoms with van der Waals surface area (Å²) >= 11 is 0. The minimum absolute atomic E-state index is 0.0837. The topological polar surface area (TPSA) is 92.9 Å². The molecule has 0 radical (unpaired) electrons. The Kier molecular flexibility index (Phi) is 7.16. The average molecular weight is 498 g/mol. The summed E-state index contributed by atoms with van der Waals surface area (Å²) < 4.78 is 36.7. The van der Waals surface area contributed by atoms with E-state index in [1.165, 1.54) is 5.56 Å². The number of piperazine rings is 1. The Bertz CT molecular complexity index is 1320. The Balaban J connectivity index is 1.40. The minimum Gasteiger partial charge on any atom is -0.497 e. The summed E-state index contributed by atoms with van der Waals surface area (Å²) in [5.74, 6) is 0.102. The smallest absolute Gasteiger partial charge is 0.237 e. The monoisotopic (exact) mass is 497 g/mol. The number of rotatable bonds is 7. The summed E-state index contributed by atoms with van der Waals surface area (Å²) in [4.78, 5) is 21.2. The number of nitrogens with zero attached hydrogens (tertiary/aromatic N) is 3. The lowest BCUT2D eigenvalue weighted by atomic mass is 10.1. The lowest BCUT2D eigenvalue weighted by Crippen LogP contribution is -2.54. The van der Waals surface area contributed by atoms with Gasteiger partial charge in [-0.2, -0.15) is 0 Å². The standard InChI is InChI=1S/C26H31N3O5S/c1-18-7-5-9-22(13-18)29-12-11-28(15-19(29)2)25(30)17-35(31,32)16-24-20(3)34-26(27-24)21-8-6-10-23(14-21)33-4/h5-10,13-14,19H,11-12,15-17H2,1-4H3/t19-/m1/s1. The number of ether oxygens (including phenoxy) is 1. The number of aryl methyl sites for hydroxylation is 2. The van der Waals surface area contributed by atoms with Crippen LogP contribution < -0.4 is 9.64 Å². The lowest BCUT2D eigenvalue weighted by molar-refractivity contribution is -0.129. The largest absolute Gasteiger partial charge is 0.497 e. The van der Waals surface area contributed by atoms with Crippen molar-refractivity contribution in [3.05, 3.63) is 65.5 Å². The highest BCUT2D eigenvalue weighted by molar-refractivity contribution is 7.91. The number of oxazole rings is 1. The fourth-order valence-corrected chi connectivity index (χ4v) is 5.70. The minimum atomic E-state index is -3.73. The van der Waals surface area contributed by atoms with E-state index < -0.39 is 15.6 Å². The number of hydrogen-bond acceptors (Lipinski definition) is 7. The lowest BCUT2D eigenvalue weighted by Gasteiger charge is -2.41. The Morgan fingerprint density at radius 1 is 1.14 bits per heavy atom. The van der Waals surface area contributed by atoms with Gasteiger partial charge in [0, 0.05) is 36.9 Å². The first-order chi connectivity index (χ1) is 16.6. The molecule has 4 rings (SSSR count). The van der Waals surface area contributed by atoms with Crippen molar-refractivity contribution in [2.75, 3.05) is 37.4 Å². The molecule has 3 aromatic rings. The van der Waals surface area contributed by atoms with E-state index >= 15 is 0 Å². The number of hydrogen-bond donors (Lipinski definition) is 0. The predicted molar refractivity (Wildman–Crippen MR) is 135 cm³/mol. The summed E-state index contributed by atoms with van der Waals surface area (Å²) in [5.41, 5.74) is 3.29. The molecule has 2 aromatic carbocycles. The highest BCUT2D eigenvalue weighted by Crippen LogP contribution is 2.26. The number of sulfone groups is 1. The Morgan fingerprint density at radius 2 is 1.91 bits per heavy atom. The maximum absolute atomic E-state index is 12.9. The number of methoxy groups -OCH3 is 1. The van der Waals surface area contributed by atoms with Gasteiger partial charge in [-0.25, -0.2) is 13.4 Å². The van der Waals surface area contributed by atoms with Crippen LogP contribution in [0, 0.1) is 13.8 Å². The maximum atomic E-state index is 12.9. The third-order valence-electron chi connectivity index (χ3n) is 6.22. The molecule has 2 heterocycles. The number of benzene rings is 2. The molecule has 1 aromatic heterocycles. The Labute approximate surface area is 206 Å². The molecule has 0 spiro atoms. The zero-order valence-electron chi connectivity index (χ0n) is 20.5. The van der Waals surface area contributed by atoms with Crippen LogP contribution in [0.4, 0.5) is 5.69 Å². The van der Waals surface area contributed by atoms with E-state index in [-0.39, 0.29) is 17.7 Å². The first-order valence-electron chi connectivity index (χ1n) is 11.6. The summed E-state index contributed by atoms with van der Waals surface area (Å²) in [6, 6.07) is 15.5. The van der Waals surface area contributed by atoms with E-state index in [2.05, 4.69) is 41.9 Å². The normalized spacial score (nSPS) is 16.4. The fraction of sp³-hybridized carbons (Fsp3) is 0.385. The van der Waals surface area contributed by atoms with Crippen molar-refractivity contribution >= 4 is 21.4 Å². The van der Waals surface area contributed by atoms with Crippen LogP contribution in [0.5, 0.6) is 5.75 Å². The molecule has 9 heteroatoms. The van der Waals surface area contributed by atoms with Gasteiger partial charge < -0.3 is 19.0 Å². The number of anilines is 1. The highest BCUT2D eigenvalue weighted by atomic mass is 32.2. The molecule has 0 saturated carbocycles. The molecule has 1 fully saturated rings. The summed E-state index contributed by atoms with van der Waals surface area (Å²) in [6.45, 7) is 7.39. The fourth-order valence-electron chi connectivity index (χ4n) is 4.35. The Morgan fingerprint density at radius 3 is 2.63 bits per heavy atom. The summed E-state index contributed by atoms with van der Waals surface area (Å²) in [7, 11) is -2.16. The average Bonchev–Trinajstić information content (AvgIpc) is 3.18. The van der Waals surface area contributed by atoms with Crippen LogP contribution in [0.25, 0.3) is 11.5 Å². The second-order valence-electron chi connectivity index (χ2n) is 9.01. The predicted octanol–water partition coefficient (Wildman–Crippen LogP) is 3.62. The van der Waals surface area contributed by atoms with Crippen molar-refractivity contribution in [3.8, 4) is 17.2 Å². The van der Waals surface area contributed by atoms with Crippen LogP contribution in [0.1, 0.15) is 23.9 Å². The van der Waals surface area contributed by atoms with Crippen LogP contribution >= 0.6 is 0 Å². The molecule has 1 amide bonds. The second-order valence-corrected chi connectivity index (χ2v) is 11.1. The van der Waals surface area contributed by atoms with Gasteiger partial charge >= 0.3 is 0 Å². The van der Waals surface area contributed by atoms with E-state index in [0.29, 0.717) is 48.3 Å². The van der Waals surface area contributed by atoms with E-state index in [4.69, 9.17) is 9.15 Å². The quantitative estimate of drug-likeness (QED) is 0.492. The maximum Gasteiger partial charge on any atom is 0.237 e. The SMILES string of the molecule is COc1cccc(-c2nc(CS(=O)(=O)CC(=O)N3CCN(c4cccc(C)c4)[C@H](C)C3)c(C)o2)c1. The van der Waals surface area contributed by atoms with E-state index in [9.17, 15) is 13.2 Å². The molecule has 0 N–H and O–H groups in total. The molecule has 186 valence electrons. The number of amides is 1. The second kappa shape index (κ2) is 10.1. The van der Waals surface area contributed by atoms with Gasteiger partial charge in [-0.15, -0.1) is 0 Å². The van der Waals surface area contributed by atoms with Gasteiger partial charge in [0.25, 0.3) is 0 Å². The molecular formula is C26H31N3O5S. The molecule has 1 aliphatic heterocycles. The molecule has 1 saturated heterocycles. The van der Waals surface area contributed by atoms with Crippen molar-refractivity contribution in [2.24, 2.45) is 0 Å². The molecule has 8 nitrogen and oxygen atoms in total.